The first-order valence-electron chi connectivity index (χ1n) is 13.5. The lowest BCUT2D eigenvalue weighted by atomic mass is 10.1. The molecule has 0 unspecified atom stereocenters. The number of fused-ring (bicyclic) bond motifs is 1. The van der Waals surface area contributed by atoms with Crippen LogP contribution in [0.1, 0.15) is 31.9 Å². The minimum Gasteiger partial charge on any atom is -0.493 e. The molecule has 0 radical (unpaired) electrons. The molecule has 0 atom stereocenters. The molecule has 1 aliphatic rings. The van der Waals surface area contributed by atoms with Crippen LogP contribution in [0.3, 0.4) is 0 Å². The van der Waals surface area contributed by atoms with Gasteiger partial charge in [0.25, 0.3) is 0 Å². The normalized spacial score (nSPS) is 13.9. The number of nitrogens with one attached hydrogen (secondary N) is 1. The zero-order chi connectivity index (χ0) is 27.6. The number of nitrogens with zero attached hydrogens (tertiary/aromatic N) is 4. The number of ether oxygens (including phenoxy) is 3. The Bertz CT molecular complexity index is 1410. The van der Waals surface area contributed by atoms with Crippen LogP contribution in [0.5, 0.6) is 11.5 Å². The van der Waals surface area contributed by atoms with Crippen molar-refractivity contribution in [2.45, 2.75) is 27.4 Å². The second kappa shape index (κ2) is 15.0. The van der Waals surface area contributed by atoms with Gasteiger partial charge in [0, 0.05) is 36.8 Å². The van der Waals surface area contributed by atoms with Gasteiger partial charge in [0.2, 0.25) is 0 Å². The minimum absolute atomic E-state index is 0. The molecule has 0 amide bonds. The maximum atomic E-state index is 6.14. The molecule has 5 rings (SSSR count). The van der Waals surface area contributed by atoms with Crippen molar-refractivity contribution in [1.29, 1.82) is 0 Å². The van der Waals surface area contributed by atoms with Crippen LogP contribution in [0.4, 0.5) is 11.5 Å². The molecule has 9 nitrogen and oxygen atoms in total. The van der Waals surface area contributed by atoms with E-state index in [0.29, 0.717) is 30.5 Å². The topological polar surface area (TPSA) is 90.3 Å². The van der Waals surface area contributed by atoms with Gasteiger partial charge in [-0.05, 0) is 42.7 Å². The molecule has 1 fully saturated rings. The summed E-state index contributed by atoms with van der Waals surface area (Å²) in [7, 11) is 1.64. The van der Waals surface area contributed by atoms with Gasteiger partial charge in [-0.3, -0.25) is 4.90 Å². The highest BCUT2D eigenvalue weighted by Gasteiger charge is 2.13. The van der Waals surface area contributed by atoms with Gasteiger partial charge in [-0.1, -0.05) is 55.0 Å². The lowest BCUT2D eigenvalue weighted by Crippen LogP contribution is -2.37. The van der Waals surface area contributed by atoms with Gasteiger partial charge >= 0.3 is 0 Å². The van der Waals surface area contributed by atoms with Crippen molar-refractivity contribution in [3.8, 4) is 11.5 Å². The monoisotopic (exact) mass is 557 g/mol. The Morgan fingerprint density at radius 3 is 2.54 bits per heavy atom. The lowest BCUT2D eigenvalue weighted by Gasteiger charge is -2.26. The average Bonchev–Trinajstić information content (AvgIpc) is 3.00. The van der Waals surface area contributed by atoms with Crippen LogP contribution in [0.25, 0.3) is 10.9 Å². The molecule has 1 N–H and O–H groups in total. The predicted octanol–water partition coefficient (Wildman–Crippen LogP) is 6.06. The highest BCUT2D eigenvalue weighted by Crippen LogP contribution is 2.35. The van der Waals surface area contributed by atoms with Crippen LogP contribution in [0.2, 0.25) is 0 Å². The Balaban J connectivity index is 0.00000387. The van der Waals surface area contributed by atoms with Crippen molar-refractivity contribution >= 4 is 28.1 Å². The number of morpholine rings is 1. The molecule has 0 aliphatic carbocycles. The molecular formula is C32H39N5O4. The molecule has 0 saturated carbocycles. The molecule has 41 heavy (non-hydrogen) atoms. The summed E-state index contributed by atoms with van der Waals surface area (Å²) in [5.41, 5.74) is 4.52. The van der Waals surface area contributed by atoms with E-state index in [9.17, 15) is 0 Å². The van der Waals surface area contributed by atoms with E-state index in [2.05, 4.69) is 25.3 Å². The van der Waals surface area contributed by atoms with Crippen molar-refractivity contribution in [2.24, 2.45) is 5.16 Å². The summed E-state index contributed by atoms with van der Waals surface area (Å²) in [6, 6.07) is 21.8. The Kier molecular flexibility index (Phi) is 10.9. The molecule has 0 bridgehead atoms. The fourth-order valence-electron chi connectivity index (χ4n) is 4.49. The number of hydrogen-bond acceptors (Lipinski definition) is 9. The predicted molar refractivity (Wildman–Crippen MR) is 163 cm³/mol. The highest BCUT2D eigenvalue weighted by molar-refractivity contribution is 5.99. The third kappa shape index (κ3) is 8.15. The number of hydrogen-bond donors (Lipinski definition) is 1. The summed E-state index contributed by atoms with van der Waals surface area (Å²) in [5, 5.41) is 8.53. The third-order valence-electron chi connectivity index (χ3n) is 6.74. The zero-order valence-corrected chi connectivity index (χ0v) is 23.0. The van der Waals surface area contributed by atoms with Crippen LogP contribution >= 0.6 is 0 Å². The van der Waals surface area contributed by atoms with Gasteiger partial charge in [0.15, 0.2) is 11.5 Å². The van der Waals surface area contributed by atoms with Crippen molar-refractivity contribution in [3.05, 3.63) is 84.2 Å². The second-order valence-corrected chi connectivity index (χ2v) is 9.54. The van der Waals surface area contributed by atoms with Crippen LogP contribution < -0.4 is 14.8 Å². The first-order chi connectivity index (χ1) is 19.7. The van der Waals surface area contributed by atoms with E-state index < -0.39 is 0 Å². The molecule has 9 heteroatoms. The van der Waals surface area contributed by atoms with Crippen molar-refractivity contribution in [2.75, 3.05) is 51.9 Å². The summed E-state index contributed by atoms with van der Waals surface area (Å²) in [6.07, 6.45) is 2.46. The van der Waals surface area contributed by atoms with Gasteiger partial charge in [-0.2, -0.15) is 0 Å². The Morgan fingerprint density at radius 2 is 1.78 bits per heavy atom. The lowest BCUT2D eigenvalue weighted by molar-refractivity contribution is 0.0357. The van der Waals surface area contributed by atoms with Gasteiger partial charge in [-0.15, -0.1) is 0 Å². The minimum atomic E-state index is 0. The maximum absolute atomic E-state index is 6.14. The van der Waals surface area contributed by atoms with Gasteiger partial charge in [0.05, 0.1) is 38.2 Å². The summed E-state index contributed by atoms with van der Waals surface area (Å²) in [6.45, 7) is 7.48. The summed E-state index contributed by atoms with van der Waals surface area (Å²) >= 11 is 0. The molecule has 1 saturated heterocycles. The van der Waals surface area contributed by atoms with Crippen LogP contribution in [0.15, 0.2) is 78.2 Å². The highest BCUT2D eigenvalue weighted by atomic mass is 16.6. The van der Waals surface area contributed by atoms with Crippen LogP contribution in [0, 0.1) is 0 Å². The van der Waals surface area contributed by atoms with E-state index in [1.54, 1.807) is 13.4 Å². The maximum Gasteiger partial charge on any atom is 0.162 e. The molecule has 0 spiro atoms. The number of rotatable bonds is 12. The summed E-state index contributed by atoms with van der Waals surface area (Å²) < 4.78 is 17.2. The fourth-order valence-corrected chi connectivity index (χ4v) is 4.49. The van der Waals surface area contributed by atoms with Crippen molar-refractivity contribution in [1.82, 2.24) is 14.9 Å². The number of benzene rings is 3. The number of methoxy groups -OCH3 is 1. The van der Waals surface area contributed by atoms with E-state index >= 15 is 0 Å². The zero-order valence-electron chi connectivity index (χ0n) is 23.0. The molecule has 2 heterocycles. The van der Waals surface area contributed by atoms with Crippen LogP contribution in [-0.4, -0.2) is 67.1 Å². The first kappa shape index (κ1) is 29.8. The molecular weight excluding hydrogens is 518 g/mol. The summed E-state index contributed by atoms with van der Waals surface area (Å²) in [4.78, 5) is 16.9. The van der Waals surface area contributed by atoms with E-state index in [1.165, 1.54) is 0 Å². The largest absolute Gasteiger partial charge is 0.493 e. The van der Waals surface area contributed by atoms with Crippen molar-refractivity contribution < 1.29 is 19.0 Å². The Morgan fingerprint density at radius 1 is 1.00 bits per heavy atom. The van der Waals surface area contributed by atoms with E-state index in [4.69, 9.17) is 19.0 Å². The number of anilines is 2. The smallest absolute Gasteiger partial charge is 0.162 e. The SMILES string of the molecule is C.COc1cc2ncnc(Nc3ccc(/C(C)=N/OCc4ccccc4)cc3)c2cc1OCCCN1CCOCC1. The molecule has 216 valence electrons. The first-order valence-corrected chi connectivity index (χ1v) is 13.5. The Labute approximate surface area is 242 Å². The van der Waals surface area contributed by atoms with Gasteiger partial charge < -0.3 is 24.4 Å². The van der Waals surface area contributed by atoms with Crippen molar-refractivity contribution in [3.63, 3.8) is 0 Å². The molecule has 1 aliphatic heterocycles. The van der Waals surface area contributed by atoms with E-state index in [0.717, 1.165) is 72.7 Å². The van der Waals surface area contributed by atoms with E-state index in [1.807, 2.05) is 73.7 Å². The molecule has 1 aromatic heterocycles. The standard InChI is InChI=1S/C31H35N5O4.CH4/c1-23(35-40-21-24-7-4-3-5-8-24)25-9-11-26(12-10-25)34-31-27-19-30(29(37-2)20-28(27)32-22-33-31)39-16-6-13-36-14-17-38-18-15-36;/h3-5,7-12,19-20,22H,6,13-18,21H2,1-2H3,(H,32,33,34);1H4/b35-23+;. The molecule has 4 aromatic rings. The third-order valence-corrected chi connectivity index (χ3v) is 6.74. The fraction of sp³-hybridized carbons (Fsp3) is 0.344. The number of aromatic nitrogens is 2. The van der Waals surface area contributed by atoms with Gasteiger partial charge in [0.1, 0.15) is 18.8 Å². The number of oxime groups is 1. The Hall–Kier alpha value is -4.21. The average molecular weight is 558 g/mol. The van der Waals surface area contributed by atoms with E-state index in [-0.39, 0.29) is 7.43 Å². The molecule has 3 aromatic carbocycles. The second-order valence-electron chi connectivity index (χ2n) is 9.54. The summed E-state index contributed by atoms with van der Waals surface area (Å²) in [5.74, 6) is 2.01. The van der Waals surface area contributed by atoms with Crippen LogP contribution in [-0.2, 0) is 16.2 Å². The van der Waals surface area contributed by atoms with Gasteiger partial charge in [-0.25, -0.2) is 9.97 Å². The quantitative estimate of drug-likeness (QED) is 0.128.